The Balaban J connectivity index is 1.81. The van der Waals surface area contributed by atoms with Crippen molar-refractivity contribution in [3.63, 3.8) is 0 Å². The van der Waals surface area contributed by atoms with Crippen LogP contribution in [0.3, 0.4) is 0 Å². The van der Waals surface area contributed by atoms with Crippen molar-refractivity contribution in [2.24, 2.45) is 0 Å². The molecule has 1 unspecified atom stereocenters. The predicted octanol–water partition coefficient (Wildman–Crippen LogP) is 4.16. The van der Waals surface area contributed by atoms with E-state index in [9.17, 15) is 9.65 Å². The van der Waals surface area contributed by atoms with E-state index in [2.05, 4.69) is 21.1 Å². The Morgan fingerprint density at radius 2 is 2.17 bits per heavy atom. The number of hydrogen-bond donors (Lipinski definition) is 1. The van der Waals surface area contributed by atoms with Crippen LogP contribution in [0, 0.1) is 17.1 Å². The van der Waals surface area contributed by atoms with Crippen molar-refractivity contribution in [2.75, 3.05) is 5.73 Å². The van der Waals surface area contributed by atoms with Gasteiger partial charge in [0.2, 0.25) is 0 Å². The molecule has 7 nitrogen and oxygen atoms in total. The molecule has 0 fully saturated rings. The van der Waals surface area contributed by atoms with Gasteiger partial charge in [-0.25, -0.2) is 14.4 Å². The lowest BCUT2D eigenvalue weighted by atomic mass is 10.00. The van der Waals surface area contributed by atoms with Crippen molar-refractivity contribution >= 4 is 17.2 Å². The van der Waals surface area contributed by atoms with Crippen LogP contribution in [0.1, 0.15) is 29.8 Å². The highest BCUT2D eigenvalue weighted by Crippen LogP contribution is 2.39. The van der Waals surface area contributed by atoms with E-state index in [1.165, 1.54) is 29.7 Å². The van der Waals surface area contributed by atoms with Gasteiger partial charge in [-0.15, -0.1) is 11.3 Å². The number of halogens is 1. The van der Waals surface area contributed by atoms with Gasteiger partial charge in [0.15, 0.2) is 11.6 Å². The average molecular weight is 418 g/mol. The molecule has 9 heteroatoms. The third-order valence-electron chi connectivity index (χ3n) is 5.06. The summed E-state index contributed by atoms with van der Waals surface area (Å²) in [4.78, 5) is 9.65. The van der Waals surface area contributed by atoms with Crippen LogP contribution >= 0.6 is 11.3 Å². The second kappa shape index (κ2) is 6.93. The first kappa shape index (κ1) is 18.3. The Bertz CT molecular complexity index is 1320. The highest BCUT2D eigenvalue weighted by molar-refractivity contribution is 7.13. The molecule has 0 saturated heterocycles. The summed E-state index contributed by atoms with van der Waals surface area (Å²) in [7, 11) is 0. The topological polar surface area (TPSA) is 103 Å². The van der Waals surface area contributed by atoms with Gasteiger partial charge in [0.1, 0.15) is 18.0 Å². The zero-order chi connectivity index (χ0) is 20.8. The molecule has 1 aliphatic rings. The number of nitrogens with two attached hydrogens (primary N) is 1. The maximum Gasteiger partial charge on any atom is 0.166 e. The fraction of sp³-hybridized carbons (Fsp3) is 0.143. The van der Waals surface area contributed by atoms with Gasteiger partial charge in [-0.3, -0.25) is 4.68 Å². The fourth-order valence-electron chi connectivity index (χ4n) is 3.64. The lowest BCUT2D eigenvalue weighted by molar-refractivity contribution is 0.228. The molecule has 0 radical (unpaired) electrons. The van der Waals surface area contributed by atoms with Gasteiger partial charge in [0.25, 0.3) is 0 Å². The zero-order valence-corrected chi connectivity index (χ0v) is 16.7. The Morgan fingerprint density at radius 1 is 1.30 bits per heavy atom. The van der Waals surface area contributed by atoms with Crippen LogP contribution in [0.15, 0.2) is 42.2 Å². The van der Waals surface area contributed by atoms with E-state index in [4.69, 9.17) is 10.5 Å². The molecule has 4 heterocycles. The Hall–Kier alpha value is -3.77. The molecule has 0 saturated carbocycles. The van der Waals surface area contributed by atoms with Crippen LogP contribution in [0.5, 0.6) is 5.75 Å². The standard InChI is InChI=1S/C21H15FN6OS/c1-11-16-5-14(22)2-3-15(16)20-17(26-10-30-20)9-28-19(13(6-23)8-27-28)12-4-18(29-11)21(24)25-7-12/h2-5,7-8,10-11H,9H2,1H3,(H2,24,25). The van der Waals surface area contributed by atoms with Gasteiger partial charge in [-0.05, 0) is 25.1 Å². The third-order valence-corrected chi connectivity index (χ3v) is 5.96. The summed E-state index contributed by atoms with van der Waals surface area (Å²) in [5.74, 6) is 0.218. The molecular formula is C21H15FN6OS. The molecule has 1 atom stereocenters. The molecule has 0 spiro atoms. The Morgan fingerprint density at radius 3 is 3.00 bits per heavy atom. The Kier molecular flexibility index (Phi) is 4.22. The molecule has 0 amide bonds. The number of nitrogen functional groups attached to an aromatic ring is 1. The third kappa shape index (κ3) is 2.89. The van der Waals surface area contributed by atoms with Crippen molar-refractivity contribution < 1.29 is 9.13 Å². The summed E-state index contributed by atoms with van der Waals surface area (Å²) in [6.07, 6.45) is 2.61. The quantitative estimate of drug-likeness (QED) is 0.460. The second-order valence-corrected chi connectivity index (χ2v) is 7.76. The maximum atomic E-state index is 14.1. The normalized spacial score (nSPS) is 14.9. The molecular weight excluding hydrogens is 403 g/mol. The highest BCUT2D eigenvalue weighted by atomic mass is 32.1. The molecule has 4 aromatic rings. The molecule has 148 valence electrons. The van der Waals surface area contributed by atoms with Gasteiger partial charge >= 0.3 is 0 Å². The number of pyridine rings is 1. The fourth-order valence-corrected chi connectivity index (χ4v) is 4.50. The first-order valence-electron chi connectivity index (χ1n) is 9.15. The molecule has 2 bridgehead atoms. The highest BCUT2D eigenvalue weighted by Gasteiger charge is 2.23. The molecule has 5 rings (SSSR count). The minimum atomic E-state index is -0.496. The summed E-state index contributed by atoms with van der Waals surface area (Å²) in [5, 5.41) is 14.0. The van der Waals surface area contributed by atoms with Crippen LogP contribution in [-0.4, -0.2) is 19.7 Å². The lowest BCUT2D eigenvalue weighted by Gasteiger charge is -2.21. The van der Waals surface area contributed by atoms with Crippen molar-refractivity contribution in [3.8, 4) is 33.5 Å². The zero-order valence-electron chi connectivity index (χ0n) is 15.8. The largest absolute Gasteiger partial charge is 0.482 e. The monoisotopic (exact) mass is 418 g/mol. The molecule has 3 aromatic heterocycles. The molecule has 30 heavy (non-hydrogen) atoms. The van der Waals surface area contributed by atoms with Crippen LogP contribution in [0.2, 0.25) is 0 Å². The van der Waals surface area contributed by atoms with E-state index in [0.29, 0.717) is 34.7 Å². The van der Waals surface area contributed by atoms with Crippen molar-refractivity contribution in [1.29, 1.82) is 5.26 Å². The van der Waals surface area contributed by atoms with E-state index in [1.54, 1.807) is 28.5 Å². The average Bonchev–Trinajstić information content (AvgIpc) is 3.36. The number of anilines is 1. The summed E-state index contributed by atoms with van der Waals surface area (Å²) >= 11 is 1.46. The first-order chi connectivity index (χ1) is 14.5. The SMILES string of the molecule is CC1Oc2cc(cnc2N)-c2c(C#N)cnn2Cc2ncsc2-c2ccc(F)cc21. The Labute approximate surface area is 175 Å². The number of ether oxygens (including phenoxy) is 1. The maximum absolute atomic E-state index is 14.1. The second-order valence-electron chi connectivity index (χ2n) is 6.90. The van der Waals surface area contributed by atoms with Crippen LogP contribution in [-0.2, 0) is 6.54 Å². The molecule has 2 N–H and O–H groups in total. The number of hydrogen-bond acceptors (Lipinski definition) is 7. The molecule has 0 aliphatic carbocycles. The van der Waals surface area contributed by atoms with Crippen LogP contribution < -0.4 is 10.5 Å². The number of thiazole rings is 1. The summed E-state index contributed by atoms with van der Waals surface area (Å²) < 4.78 is 21.9. The van der Waals surface area contributed by atoms with Crippen LogP contribution in [0.4, 0.5) is 10.2 Å². The van der Waals surface area contributed by atoms with E-state index in [-0.39, 0.29) is 11.6 Å². The number of benzene rings is 1. The number of nitrogens with zero attached hydrogens (tertiary/aromatic N) is 5. The summed E-state index contributed by atoms with van der Waals surface area (Å²) in [6.45, 7) is 2.18. The number of aromatic nitrogens is 4. The summed E-state index contributed by atoms with van der Waals surface area (Å²) in [5.41, 5.74) is 11.8. The van der Waals surface area contributed by atoms with E-state index < -0.39 is 6.10 Å². The molecule has 1 aromatic carbocycles. The number of nitriles is 1. The minimum absolute atomic E-state index is 0.212. The van der Waals surface area contributed by atoms with Crippen LogP contribution in [0.25, 0.3) is 21.7 Å². The van der Waals surface area contributed by atoms with Gasteiger partial charge in [-0.2, -0.15) is 10.4 Å². The predicted molar refractivity (Wildman–Crippen MR) is 110 cm³/mol. The van der Waals surface area contributed by atoms with Crippen molar-refractivity contribution in [1.82, 2.24) is 19.7 Å². The lowest BCUT2D eigenvalue weighted by Crippen LogP contribution is -2.11. The van der Waals surface area contributed by atoms with E-state index in [1.807, 2.05) is 6.92 Å². The van der Waals surface area contributed by atoms with Gasteiger partial charge in [-0.1, -0.05) is 6.07 Å². The van der Waals surface area contributed by atoms with E-state index in [0.717, 1.165) is 16.1 Å². The van der Waals surface area contributed by atoms with Gasteiger partial charge in [0.05, 0.1) is 40.1 Å². The van der Waals surface area contributed by atoms with Gasteiger partial charge < -0.3 is 10.5 Å². The smallest absolute Gasteiger partial charge is 0.166 e. The molecule has 1 aliphatic heterocycles. The van der Waals surface area contributed by atoms with Crippen molar-refractivity contribution in [3.05, 3.63) is 64.8 Å². The number of fused-ring (bicyclic) bond motifs is 7. The van der Waals surface area contributed by atoms with Gasteiger partial charge in [0, 0.05) is 22.9 Å². The minimum Gasteiger partial charge on any atom is -0.482 e. The van der Waals surface area contributed by atoms with E-state index >= 15 is 0 Å². The van der Waals surface area contributed by atoms with Crippen molar-refractivity contribution in [2.45, 2.75) is 19.6 Å². The first-order valence-corrected chi connectivity index (χ1v) is 10.0. The number of rotatable bonds is 0. The summed E-state index contributed by atoms with van der Waals surface area (Å²) in [6, 6.07) is 8.53.